The fourth-order valence-electron chi connectivity index (χ4n) is 3.39. The van der Waals surface area contributed by atoms with Gasteiger partial charge in [-0.05, 0) is 19.1 Å². The van der Waals surface area contributed by atoms with E-state index in [9.17, 15) is 13.2 Å². The lowest BCUT2D eigenvalue weighted by Crippen LogP contribution is -2.60. The summed E-state index contributed by atoms with van der Waals surface area (Å²) in [5.74, 6) is 2.79. The van der Waals surface area contributed by atoms with Crippen molar-refractivity contribution < 1.29 is 17.9 Å². The van der Waals surface area contributed by atoms with Gasteiger partial charge in [-0.1, -0.05) is 0 Å². The number of thioether (sulfide) groups is 1. The van der Waals surface area contributed by atoms with Crippen molar-refractivity contribution in [1.82, 2.24) is 20.5 Å². The Kier molecular flexibility index (Phi) is 9.77. The molecule has 29 heavy (non-hydrogen) atoms. The number of hydrogen-bond donors (Lipinski definition) is 2. The molecule has 166 valence electrons. The fraction of sp³-hybridized carbons (Fsp3) is 0.765. The van der Waals surface area contributed by atoms with Crippen molar-refractivity contribution in [1.29, 1.82) is 0 Å². The van der Waals surface area contributed by atoms with Gasteiger partial charge in [-0.25, -0.2) is 9.98 Å². The minimum Gasteiger partial charge on any atom is -0.379 e. The van der Waals surface area contributed by atoms with Crippen LogP contribution in [0, 0.1) is 0 Å². The highest BCUT2D eigenvalue weighted by molar-refractivity contribution is 14.0. The quantitative estimate of drug-likeness (QED) is 0.314. The number of rotatable bonds is 6. The fourth-order valence-corrected chi connectivity index (χ4v) is 5.59. The number of alkyl halides is 3. The van der Waals surface area contributed by atoms with Crippen LogP contribution in [0.25, 0.3) is 0 Å². The maximum Gasteiger partial charge on any atom is 0.434 e. The molecule has 3 heterocycles. The van der Waals surface area contributed by atoms with E-state index in [2.05, 4.69) is 25.5 Å². The Morgan fingerprint density at radius 3 is 2.69 bits per heavy atom. The molecule has 0 amide bonds. The van der Waals surface area contributed by atoms with Crippen molar-refractivity contribution in [2.45, 2.75) is 31.6 Å². The maximum absolute atomic E-state index is 12.7. The maximum atomic E-state index is 12.7. The second-order valence-electron chi connectivity index (χ2n) is 6.80. The summed E-state index contributed by atoms with van der Waals surface area (Å²) in [6, 6.07) is 0. The number of hydrogen-bond acceptors (Lipinski definition) is 6. The lowest BCUT2D eigenvalue weighted by atomic mass is 9.95. The van der Waals surface area contributed by atoms with E-state index < -0.39 is 11.9 Å². The average Bonchev–Trinajstić information content (AvgIpc) is 3.35. The van der Waals surface area contributed by atoms with Crippen LogP contribution < -0.4 is 10.6 Å². The molecule has 1 atom stereocenters. The van der Waals surface area contributed by atoms with Gasteiger partial charge in [-0.3, -0.25) is 4.90 Å². The van der Waals surface area contributed by atoms with Crippen molar-refractivity contribution in [3.63, 3.8) is 0 Å². The van der Waals surface area contributed by atoms with E-state index in [1.54, 1.807) is 0 Å². The smallest absolute Gasteiger partial charge is 0.379 e. The summed E-state index contributed by atoms with van der Waals surface area (Å²) >= 11 is 2.94. The third-order valence-electron chi connectivity index (χ3n) is 4.91. The first-order valence-electron chi connectivity index (χ1n) is 9.37. The first kappa shape index (κ1) is 25.0. The Morgan fingerprint density at radius 2 is 2.10 bits per heavy atom. The molecule has 6 nitrogen and oxygen atoms in total. The van der Waals surface area contributed by atoms with E-state index >= 15 is 0 Å². The van der Waals surface area contributed by atoms with E-state index in [1.807, 2.05) is 18.7 Å². The predicted octanol–water partition coefficient (Wildman–Crippen LogP) is 3.04. The normalized spacial score (nSPS) is 23.7. The molecule has 2 N–H and O–H groups in total. The number of thiazole rings is 1. The molecule has 12 heteroatoms. The number of nitrogens with zero attached hydrogens (tertiary/aromatic N) is 3. The summed E-state index contributed by atoms with van der Waals surface area (Å²) in [6.45, 7) is 6.87. The Morgan fingerprint density at radius 1 is 1.34 bits per heavy atom. The van der Waals surface area contributed by atoms with Gasteiger partial charge >= 0.3 is 6.18 Å². The first-order valence-corrected chi connectivity index (χ1v) is 11.4. The molecule has 1 aromatic heterocycles. The Bertz CT molecular complexity index is 662. The molecule has 2 fully saturated rings. The van der Waals surface area contributed by atoms with Crippen LogP contribution in [0.4, 0.5) is 13.2 Å². The first-order chi connectivity index (χ1) is 13.4. The van der Waals surface area contributed by atoms with E-state index in [0.29, 0.717) is 17.5 Å². The number of aromatic nitrogens is 1. The Labute approximate surface area is 194 Å². The van der Waals surface area contributed by atoms with E-state index in [-0.39, 0.29) is 36.1 Å². The number of aliphatic imine (C=N–C) groups is 1. The van der Waals surface area contributed by atoms with Gasteiger partial charge < -0.3 is 15.4 Å². The molecular formula is C17H27F3IN5OS2. The highest BCUT2D eigenvalue weighted by atomic mass is 127. The van der Waals surface area contributed by atoms with Crippen LogP contribution in [0.1, 0.15) is 24.0 Å². The summed E-state index contributed by atoms with van der Waals surface area (Å²) in [7, 11) is 0. The number of guanidine groups is 1. The second-order valence-corrected chi connectivity index (χ2v) is 8.85. The summed E-state index contributed by atoms with van der Waals surface area (Å²) in [4.78, 5) is 10.6. The van der Waals surface area contributed by atoms with Gasteiger partial charge in [0, 0.05) is 42.9 Å². The van der Waals surface area contributed by atoms with E-state index in [0.717, 1.165) is 67.5 Å². The molecule has 3 rings (SSSR count). The zero-order valence-electron chi connectivity index (χ0n) is 16.3. The molecular weight excluding hydrogens is 538 g/mol. The summed E-state index contributed by atoms with van der Waals surface area (Å²) < 4.78 is 43.6. The zero-order chi connectivity index (χ0) is 20.0. The molecule has 2 aliphatic heterocycles. The Balaban J connectivity index is 0.00000300. The van der Waals surface area contributed by atoms with Gasteiger partial charge in [0.2, 0.25) is 0 Å². The molecule has 1 unspecified atom stereocenters. The van der Waals surface area contributed by atoms with Gasteiger partial charge in [0.05, 0.1) is 19.8 Å². The average molecular weight is 565 g/mol. The number of nitrogens with one attached hydrogen (secondary N) is 2. The predicted molar refractivity (Wildman–Crippen MR) is 122 cm³/mol. The zero-order valence-corrected chi connectivity index (χ0v) is 20.2. The molecule has 0 radical (unpaired) electrons. The van der Waals surface area contributed by atoms with Gasteiger partial charge in [-0.2, -0.15) is 24.9 Å². The van der Waals surface area contributed by atoms with Crippen LogP contribution in [0.5, 0.6) is 0 Å². The monoisotopic (exact) mass is 565 g/mol. The summed E-state index contributed by atoms with van der Waals surface area (Å²) in [5.41, 5.74) is -0.787. The number of ether oxygens (including phenoxy) is 1. The summed E-state index contributed by atoms with van der Waals surface area (Å²) in [5, 5.41) is 7.97. The summed E-state index contributed by atoms with van der Waals surface area (Å²) in [6.07, 6.45) is -3.31. The minimum absolute atomic E-state index is 0. The third-order valence-corrected chi connectivity index (χ3v) is 6.98. The molecule has 0 aromatic carbocycles. The lowest BCUT2D eigenvalue weighted by molar-refractivity contribution is -0.140. The molecule has 0 saturated carbocycles. The minimum atomic E-state index is -4.41. The molecule has 1 aromatic rings. The standard InChI is InChI=1S/C17H26F3N5OS2.HI/c1-2-21-15(22-9-14-24-13(10-28-14)17(18,19)20)23-11-16(3-8-27-12-16)25-4-6-26-7-5-25;/h10H,2-9,11-12H2,1H3,(H2,21,22,23);1H. The number of morpholine rings is 1. The highest BCUT2D eigenvalue weighted by Crippen LogP contribution is 2.33. The van der Waals surface area contributed by atoms with Crippen molar-refractivity contribution >= 4 is 53.0 Å². The highest BCUT2D eigenvalue weighted by Gasteiger charge is 2.40. The third kappa shape index (κ3) is 6.84. The molecule has 2 saturated heterocycles. The van der Waals surface area contributed by atoms with Crippen LogP contribution >= 0.6 is 47.1 Å². The van der Waals surface area contributed by atoms with Crippen LogP contribution in [-0.2, 0) is 17.5 Å². The topological polar surface area (TPSA) is 61.8 Å². The van der Waals surface area contributed by atoms with Crippen LogP contribution in [0.15, 0.2) is 10.4 Å². The molecule has 0 bridgehead atoms. The number of halogens is 4. The Hall–Kier alpha value is -0.310. The SMILES string of the molecule is CCNC(=NCc1nc(C(F)(F)F)cs1)NCC1(N2CCOCC2)CCSC1.I. The largest absolute Gasteiger partial charge is 0.434 e. The van der Waals surface area contributed by atoms with E-state index in [1.165, 1.54) is 0 Å². The van der Waals surface area contributed by atoms with Gasteiger partial charge in [0.25, 0.3) is 0 Å². The van der Waals surface area contributed by atoms with E-state index in [4.69, 9.17) is 4.74 Å². The second kappa shape index (κ2) is 11.3. The van der Waals surface area contributed by atoms with Gasteiger partial charge in [0.1, 0.15) is 5.01 Å². The lowest BCUT2D eigenvalue weighted by Gasteiger charge is -2.43. The molecule has 0 aliphatic carbocycles. The van der Waals surface area contributed by atoms with Crippen molar-refractivity contribution in [2.75, 3.05) is 50.9 Å². The van der Waals surface area contributed by atoms with Crippen LogP contribution in [0.3, 0.4) is 0 Å². The van der Waals surface area contributed by atoms with Crippen LogP contribution in [0.2, 0.25) is 0 Å². The van der Waals surface area contributed by atoms with Gasteiger partial charge in [-0.15, -0.1) is 35.3 Å². The van der Waals surface area contributed by atoms with Crippen molar-refractivity contribution in [3.8, 4) is 0 Å². The van der Waals surface area contributed by atoms with Crippen molar-refractivity contribution in [3.05, 3.63) is 16.1 Å². The molecule has 0 spiro atoms. The molecule has 2 aliphatic rings. The van der Waals surface area contributed by atoms with Crippen LogP contribution in [-0.4, -0.2) is 72.3 Å². The van der Waals surface area contributed by atoms with Crippen molar-refractivity contribution in [2.24, 2.45) is 4.99 Å². The van der Waals surface area contributed by atoms with Gasteiger partial charge in [0.15, 0.2) is 11.7 Å².